The highest BCUT2D eigenvalue weighted by Crippen LogP contribution is 2.11. The molecule has 0 saturated carbocycles. The summed E-state index contributed by atoms with van der Waals surface area (Å²) in [5.74, 6) is 0.00317. The second kappa shape index (κ2) is 5.77. The van der Waals surface area contributed by atoms with E-state index in [1.807, 2.05) is 24.3 Å². The zero-order valence-corrected chi connectivity index (χ0v) is 11.5. The molecule has 1 amide bonds. The fraction of sp³-hybridized carbons (Fsp3) is 0.250. The van der Waals surface area contributed by atoms with E-state index in [0.717, 1.165) is 10.0 Å². The number of hydrogen-bond donors (Lipinski definition) is 0. The van der Waals surface area contributed by atoms with Crippen molar-refractivity contribution in [3.05, 3.63) is 46.7 Å². The average Bonchev–Trinajstić information content (AvgIpc) is 2.85. The molecule has 1 heterocycles. The predicted molar refractivity (Wildman–Crippen MR) is 70.6 cm³/mol. The number of amides is 1. The Balaban J connectivity index is 1.93. The summed E-state index contributed by atoms with van der Waals surface area (Å²) in [6.07, 6.45) is 3.23. The monoisotopic (exact) mass is 308 g/mol. The van der Waals surface area contributed by atoms with Gasteiger partial charge in [0, 0.05) is 24.3 Å². The number of rotatable bonds is 4. The standard InChI is InChI=1S/C12H13BrN4O/c1-16(8-10-2-4-11(13)5-3-10)12(18)9-17-7-6-14-15-17/h2-7H,8-9H2,1H3. The molecule has 2 rings (SSSR count). The van der Waals surface area contributed by atoms with Crippen LogP contribution in [0.15, 0.2) is 41.1 Å². The summed E-state index contributed by atoms with van der Waals surface area (Å²) in [5, 5.41) is 7.44. The maximum absolute atomic E-state index is 11.9. The van der Waals surface area contributed by atoms with Crippen molar-refractivity contribution in [3.8, 4) is 0 Å². The Morgan fingerprint density at radius 2 is 2.11 bits per heavy atom. The lowest BCUT2D eigenvalue weighted by atomic mass is 10.2. The quantitative estimate of drug-likeness (QED) is 0.864. The summed E-state index contributed by atoms with van der Waals surface area (Å²) < 4.78 is 2.54. The van der Waals surface area contributed by atoms with Gasteiger partial charge < -0.3 is 4.90 Å². The van der Waals surface area contributed by atoms with E-state index in [1.54, 1.807) is 24.3 Å². The molecule has 1 aromatic carbocycles. The molecular formula is C12H13BrN4O. The molecule has 5 nitrogen and oxygen atoms in total. The molecule has 0 N–H and O–H groups in total. The van der Waals surface area contributed by atoms with Crippen molar-refractivity contribution < 1.29 is 4.79 Å². The summed E-state index contributed by atoms with van der Waals surface area (Å²) in [5.41, 5.74) is 1.09. The molecule has 0 saturated heterocycles. The Morgan fingerprint density at radius 3 is 2.72 bits per heavy atom. The highest BCUT2D eigenvalue weighted by molar-refractivity contribution is 9.10. The average molecular weight is 309 g/mol. The zero-order chi connectivity index (χ0) is 13.0. The Hall–Kier alpha value is -1.69. The Kier molecular flexibility index (Phi) is 4.09. The Labute approximate surface area is 114 Å². The van der Waals surface area contributed by atoms with Gasteiger partial charge in [0.15, 0.2) is 0 Å². The van der Waals surface area contributed by atoms with Gasteiger partial charge in [0.05, 0.1) is 6.20 Å². The number of halogens is 1. The highest BCUT2D eigenvalue weighted by Gasteiger charge is 2.10. The lowest BCUT2D eigenvalue weighted by Crippen LogP contribution is -2.29. The number of aromatic nitrogens is 3. The van der Waals surface area contributed by atoms with Crippen molar-refractivity contribution in [1.29, 1.82) is 0 Å². The van der Waals surface area contributed by atoms with E-state index in [0.29, 0.717) is 6.54 Å². The smallest absolute Gasteiger partial charge is 0.244 e. The maximum Gasteiger partial charge on any atom is 0.244 e. The van der Waals surface area contributed by atoms with Gasteiger partial charge in [-0.05, 0) is 17.7 Å². The van der Waals surface area contributed by atoms with Gasteiger partial charge in [-0.25, -0.2) is 4.68 Å². The number of carbonyl (C=O) groups is 1. The lowest BCUT2D eigenvalue weighted by molar-refractivity contribution is -0.131. The van der Waals surface area contributed by atoms with Crippen LogP contribution in [0.5, 0.6) is 0 Å². The SMILES string of the molecule is CN(Cc1ccc(Br)cc1)C(=O)Cn1ccnn1. The molecule has 0 atom stereocenters. The first-order valence-corrected chi connectivity index (χ1v) is 6.27. The molecule has 1 aromatic heterocycles. The van der Waals surface area contributed by atoms with Crippen LogP contribution in [0.3, 0.4) is 0 Å². The Morgan fingerprint density at radius 1 is 1.39 bits per heavy atom. The molecule has 0 fully saturated rings. The van der Waals surface area contributed by atoms with E-state index in [9.17, 15) is 4.79 Å². The molecule has 94 valence electrons. The van der Waals surface area contributed by atoms with Gasteiger partial charge in [0.25, 0.3) is 0 Å². The van der Waals surface area contributed by atoms with Gasteiger partial charge in [-0.3, -0.25) is 4.79 Å². The normalized spacial score (nSPS) is 10.3. The lowest BCUT2D eigenvalue weighted by Gasteiger charge is -2.17. The first-order chi connectivity index (χ1) is 8.65. The van der Waals surface area contributed by atoms with Gasteiger partial charge in [-0.2, -0.15) is 0 Å². The Bertz CT molecular complexity index is 509. The molecule has 0 radical (unpaired) electrons. The first kappa shape index (κ1) is 12.8. The second-order valence-electron chi connectivity index (χ2n) is 3.98. The molecule has 18 heavy (non-hydrogen) atoms. The topological polar surface area (TPSA) is 51.0 Å². The van der Waals surface area contributed by atoms with E-state index in [1.165, 1.54) is 4.68 Å². The van der Waals surface area contributed by atoms with Crippen LogP contribution >= 0.6 is 15.9 Å². The molecule has 0 aliphatic rings. The summed E-state index contributed by atoms with van der Waals surface area (Å²) in [6.45, 7) is 0.799. The van der Waals surface area contributed by atoms with E-state index in [-0.39, 0.29) is 12.5 Å². The zero-order valence-electron chi connectivity index (χ0n) is 9.95. The predicted octanol–water partition coefficient (Wildman–Crippen LogP) is 1.70. The van der Waals surface area contributed by atoms with Crippen molar-refractivity contribution in [2.75, 3.05) is 7.05 Å². The minimum absolute atomic E-state index is 0.00317. The van der Waals surface area contributed by atoms with Crippen molar-refractivity contribution in [1.82, 2.24) is 19.9 Å². The van der Waals surface area contributed by atoms with E-state index < -0.39 is 0 Å². The van der Waals surface area contributed by atoms with Crippen molar-refractivity contribution >= 4 is 21.8 Å². The summed E-state index contributed by atoms with van der Waals surface area (Å²) in [6, 6.07) is 7.91. The summed E-state index contributed by atoms with van der Waals surface area (Å²) in [7, 11) is 1.78. The van der Waals surface area contributed by atoms with Crippen LogP contribution in [-0.4, -0.2) is 32.8 Å². The van der Waals surface area contributed by atoms with Crippen LogP contribution in [0, 0.1) is 0 Å². The molecule has 0 aliphatic heterocycles. The molecule has 0 aliphatic carbocycles. The van der Waals surface area contributed by atoms with Crippen LogP contribution in [0.25, 0.3) is 0 Å². The fourth-order valence-corrected chi connectivity index (χ4v) is 1.79. The number of benzene rings is 1. The molecule has 6 heteroatoms. The molecule has 0 spiro atoms. The van der Waals surface area contributed by atoms with E-state index in [4.69, 9.17) is 0 Å². The second-order valence-corrected chi connectivity index (χ2v) is 4.89. The van der Waals surface area contributed by atoms with Crippen LogP contribution in [0.1, 0.15) is 5.56 Å². The van der Waals surface area contributed by atoms with Crippen LogP contribution in [0.2, 0.25) is 0 Å². The third-order valence-corrected chi connectivity index (χ3v) is 3.06. The van der Waals surface area contributed by atoms with E-state index in [2.05, 4.69) is 26.2 Å². The summed E-state index contributed by atoms with van der Waals surface area (Å²) >= 11 is 3.38. The van der Waals surface area contributed by atoms with Crippen LogP contribution < -0.4 is 0 Å². The molecule has 2 aromatic rings. The number of carbonyl (C=O) groups excluding carboxylic acids is 1. The van der Waals surface area contributed by atoms with Gasteiger partial charge in [0.1, 0.15) is 6.54 Å². The maximum atomic E-state index is 11.9. The number of hydrogen-bond acceptors (Lipinski definition) is 3. The number of likely N-dealkylation sites (N-methyl/N-ethyl adjacent to an activating group) is 1. The van der Waals surface area contributed by atoms with Gasteiger partial charge in [-0.1, -0.05) is 33.3 Å². The van der Waals surface area contributed by atoms with Crippen molar-refractivity contribution in [2.45, 2.75) is 13.1 Å². The third kappa shape index (κ3) is 3.40. The number of nitrogens with zero attached hydrogens (tertiary/aromatic N) is 4. The largest absolute Gasteiger partial charge is 0.340 e. The minimum atomic E-state index is 0.00317. The van der Waals surface area contributed by atoms with Gasteiger partial charge in [0.2, 0.25) is 5.91 Å². The first-order valence-electron chi connectivity index (χ1n) is 5.47. The van der Waals surface area contributed by atoms with Gasteiger partial charge in [-0.15, -0.1) is 5.10 Å². The van der Waals surface area contributed by atoms with Gasteiger partial charge >= 0.3 is 0 Å². The van der Waals surface area contributed by atoms with Crippen LogP contribution in [-0.2, 0) is 17.9 Å². The van der Waals surface area contributed by atoms with E-state index >= 15 is 0 Å². The van der Waals surface area contributed by atoms with Crippen molar-refractivity contribution in [2.24, 2.45) is 0 Å². The fourth-order valence-electron chi connectivity index (χ4n) is 1.53. The van der Waals surface area contributed by atoms with Crippen LogP contribution in [0.4, 0.5) is 0 Å². The third-order valence-electron chi connectivity index (χ3n) is 2.53. The van der Waals surface area contributed by atoms with Crippen molar-refractivity contribution in [3.63, 3.8) is 0 Å². The summed E-state index contributed by atoms with van der Waals surface area (Å²) in [4.78, 5) is 13.6. The highest BCUT2D eigenvalue weighted by atomic mass is 79.9. The molecular weight excluding hydrogens is 296 g/mol. The minimum Gasteiger partial charge on any atom is -0.340 e. The molecule has 0 unspecified atom stereocenters. The molecule has 0 bridgehead atoms.